The standard InChI is InChI=1S/C29H36ClN3O2/c30-27-9-8-23-25(32-27)7-4-13-29(23)19-31-18-24(29)28(34)33-14-10-22(20-5-2-1-3-6-20)17-26(33)21-11-15-35-16-12-21/h1-3,5-6,8-9,21-22,24,26,31H,4,7,10-19H2/p+1/t22-,24+,26?,29+/m1/s1. The molecule has 186 valence electrons. The van der Waals surface area contributed by atoms with E-state index in [0.717, 1.165) is 83.5 Å². The maximum Gasteiger partial charge on any atom is 0.232 e. The quantitative estimate of drug-likeness (QED) is 0.662. The van der Waals surface area contributed by atoms with Crippen molar-refractivity contribution in [3.8, 4) is 0 Å². The fourth-order valence-corrected chi connectivity index (χ4v) is 7.82. The number of piperidine rings is 1. The van der Waals surface area contributed by atoms with Gasteiger partial charge in [-0.25, -0.2) is 4.98 Å². The first-order valence-corrected chi connectivity index (χ1v) is 13.9. The van der Waals surface area contributed by atoms with Crippen LogP contribution in [-0.2, 0) is 21.4 Å². The zero-order chi connectivity index (χ0) is 23.8. The molecule has 0 bridgehead atoms. The second-order valence-electron chi connectivity index (χ2n) is 11.1. The number of amides is 1. The predicted octanol–water partition coefficient (Wildman–Crippen LogP) is 3.70. The molecule has 2 N–H and O–H groups in total. The molecule has 2 aromatic rings. The van der Waals surface area contributed by atoms with Gasteiger partial charge in [0.2, 0.25) is 5.91 Å². The summed E-state index contributed by atoms with van der Waals surface area (Å²) in [5, 5.41) is 2.93. The summed E-state index contributed by atoms with van der Waals surface area (Å²) in [6.07, 6.45) is 7.35. The summed E-state index contributed by atoms with van der Waals surface area (Å²) in [6.45, 7) is 4.35. The maximum absolute atomic E-state index is 14.5. The Morgan fingerprint density at radius 1 is 1.11 bits per heavy atom. The molecule has 0 radical (unpaired) electrons. The number of carbonyl (C=O) groups excluding carboxylic acids is 1. The van der Waals surface area contributed by atoms with Crippen LogP contribution in [0.2, 0.25) is 5.15 Å². The molecule has 35 heavy (non-hydrogen) atoms. The van der Waals surface area contributed by atoms with Crippen molar-refractivity contribution >= 4 is 17.5 Å². The van der Waals surface area contributed by atoms with E-state index in [0.29, 0.717) is 28.9 Å². The van der Waals surface area contributed by atoms with E-state index in [1.165, 1.54) is 11.1 Å². The Labute approximate surface area is 213 Å². The van der Waals surface area contributed by atoms with Gasteiger partial charge in [-0.2, -0.15) is 0 Å². The Morgan fingerprint density at radius 2 is 1.94 bits per heavy atom. The summed E-state index contributed by atoms with van der Waals surface area (Å²) in [7, 11) is 0. The molecule has 1 aliphatic carbocycles. The van der Waals surface area contributed by atoms with Gasteiger partial charge in [0, 0.05) is 31.5 Å². The van der Waals surface area contributed by atoms with Crippen molar-refractivity contribution in [3.63, 3.8) is 0 Å². The van der Waals surface area contributed by atoms with Gasteiger partial charge in [0.15, 0.2) is 0 Å². The number of quaternary nitrogens is 1. The highest BCUT2D eigenvalue weighted by molar-refractivity contribution is 6.29. The Kier molecular flexibility index (Phi) is 6.59. The minimum Gasteiger partial charge on any atom is -0.381 e. The van der Waals surface area contributed by atoms with E-state index in [1.54, 1.807) is 0 Å². The summed E-state index contributed by atoms with van der Waals surface area (Å²) in [5.74, 6) is 1.45. The average Bonchev–Trinajstić information content (AvgIpc) is 3.32. The highest BCUT2D eigenvalue weighted by Gasteiger charge is 2.55. The van der Waals surface area contributed by atoms with Crippen molar-refractivity contribution in [2.45, 2.75) is 62.3 Å². The lowest BCUT2D eigenvalue weighted by atomic mass is 9.65. The van der Waals surface area contributed by atoms with Gasteiger partial charge in [0.1, 0.15) is 11.1 Å². The number of aromatic nitrogens is 1. The van der Waals surface area contributed by atoms with Crippen LogP contribution in [0.15, 0.2) is 42.5 Å². The number of nitrogens with two attached hydrogens (primary N) is 1. The van der Waals surface area contributed by atoms with Crippen LogP contribution in [0.25, 0.3) is 0 Å². The van der Waals surface area contributed by atoms with Crippen molar-refractivity contribution in [1.29, 1.82) is 0 Å². The number of aryl methyl sites for hydroxylation is 1. The minimum atomic E-state index is -0.112. The normalized spacial score (nSPS) is 31.5. The molecule has 1 aromatic carbocycles. The van der Waals surface area contributed by atoms with Gasteiger partial charge in [-0.1, -0.05) is 48.0 Å². The van der Waals surface area contributed by atoms with Gasteiger partial charge in [-0.05, 0) is 74.0 Å². The van der Waals surface area contributed by atoms with Gasteiger partial charge in [0.05, 0.1) is 18.5 Å². The Hall–Kier alpha value is -1.95. The number of rotatable bonds is 3. The number of fused-ring (bicyclic) bond motifs is 2. The highest BCUT2D eigenvalue weighted by Crippen LogP contribution is 2.46. The molecular weight excluding hydrogens is 458 g/mol. The third kappa shape index (κ3) is 4.30. The molecule has 1 aromatic heterocycles. The first-order valence-electron chi connectivity index (χ1n) is 13.6. The minimum absolute atomic E-state index is 0.0140. The second kappa shape index (κ2) is 9.84. The van der Waals surface area contributed by atoms with E-state index in [1.807, 2.05) is 6.07 Å². The number of pyridine rings is 1. The first-order chi connectivity index (χ1) is 17.2. The lowest BCUT2D eigenvalue weighted by Gasteiger charge is -2.47. The number of carbonyl (C=O) groups is 1. The molecule has 6 rings (SSSR count). The summed E-state index contributed by atoms with van der Waals surface area (Å²) in [5.41, 5.74) is 3.70. The van der Waals surface area contributed by atoms with Crippen LogP contribution in [0.3, 0.4) is 0 Å². The lowest BCUT2D eigenvalue weighted by molar-refractivity contribution is -0.640. The smallest absolute Gasteiger partial charge is 0.232 e. The molecule has 4 atom stereocenters. The van der Waals surface area contributed by atoms with Gasteiger partial charge in [-0.15, -0.1) is 0 Å². The Bertz CT molecular complexity index is 1060. The van der Waals surface area contributed by atoms with E-state index >= 15 is 0 Å². The Balaban J connectivity index is 1.30. The number of halogens is 1. The fraction of sp³-hybridized carbons (Fsp3) is 0.586. The maximum atomic E-state index is 14.5. The molecule has 5 nitrogen and oxygen atoms in total. The number of benzene rings is 1. The summed E-state index contributed by atoms with van der Waals surface area (Å²) in [4.78, 5) is 21.5. The zero-order valence-electron chi connectivity index (χ0n) is 20.5. The lowest BCUT2D eigenvalue weighted by Crippen LogP contribution is -2.82. The van der Waals surface area contributed by atoms with Crippen LogP contribution in [0.5, 0.6) is 0 Å². The van der Waals surface area contributed by atoms with Crippen molar-refractivity contribution in [1.82, 2.24) is 9.88 Å². The molecule has 4 heterocycles. The van der Waals surface area contributed by atoms with E-state index < -0.39 is 0 Å². The summed E-state index contributed by atoms with van der Waals surface area (Å²) in [6, 6.07) is 15.3. The van der Waals surface area contributed by atoms with Crippen LogP contribution in [0, 0.1) is 11.8 Å². The van der Waals surface area contributed by atoms with Gasteiger partial charge in [-0.3, -0.25) is 4.79 Å². The van der Waals surface area contributed by atoms with Crippen molar-refractivity contribution < 1.29 is 14.8 Å². The molecule has 1 spiro atoms. The van der Waals surface area contributed by atoms with E-state index in [-0.39, 0.29) is 11.3 Å². The molecule has 6 heteroatoms. The molecule has 0 saturated carbocycles. The van der Waals surface area contributed by atoms with Crippen LogP contribution in [0.4, 0.5) is 0 Å². The van der Waals surface area contributed by atoms with Crippen molar-refractivity contribution in [2.24, 2.45) is 11.8 Å². The Morgan fingerprint density at radius 3 is 2.77 bits per heavy atom. The molecule has 1 unspecified atom stereocenters. The summed E-state index contributed by atoms with van der Waals surface area (Å²) < 4.78 is 5.71. The third-order valence-electron chi connectivity index (χ3n) is 9.40. The molecular formula is C29H37ClN3O2+. The number of ether oxygens (including phenoxy) is 1. The SMILES string of the molecule is O=C([C@@H]1C[NH2+]C[C@]12CCCc1nc(Cl)ccc12)N1CC[C@@H](c2ccccc2)CC1C1CCOCC1. The topological polar surface area (TPSA) is 59.0 Å². The first kappa shape index (κ1) is 23.4. The van der Waals surface area contributed by atoms with Crippen LogP contribution < -0.4 is 5.32 Å². The van der Waals surface area contributed by atoms with E-state index in [9.17, 15) is 4.79 Å². The van der Waals surface area contributed by atoms with Crippen LogP contribution in [-0.4, -0.2) is 54.7 Å². The molecule has 1 amide bonds. The monoisotopic (exact) mass is 494 g/mol. The zero-order valence-corrected chi connectivity index (χ0v) is 21.3. The molecule has 3 aliphatic heterocycles. The van der Waals surface area contributed by atoms with Crippen molar-refractivity contribution in [3.05, 3.63) is 64.4 Å². The van der Waals surface area contributed by atoms with Gasteiger partial charge >= 0.3 is 0 Å². The predicted molar refractivity (Wildman–Crippen MR) is 136 cm³/mol. The van der Waals surface area contributed by atoms with Gasteiger partial charge in [0.25, 0.3) is 0 Å². The van der Waals surface area contributed by atoms with Gasteiger partial charge < -0.3 is 15.0 Å². The summed E-state index contributed by atoms with van der Waals surface area (Å²) >= 11 is 6.26. The number of nitrogens with zero attached hydrogens (tertiary/aromatic N) is 2. The number of hydrogen-bond donors (Lipinski definition) is 1. The average molecular weight is 495 g/mol. The second-order valence-corrected chi connectivity index (χ2v) is 11.5. The molecule has 3 saturated heterocycles. The van der Waals surface area contributed by atoms with E-state index in [4.69, 9.17) is 16.3 Å². The highest BCUT2D eigenvalue weighted by atomic mass is 35.5. The largest absolute Gasteiger partial charge is 0.381 e. The van der Waals surface area contributed by atoms with Crippen LogP contribution >= 0.6 is 11.6 Å². The number of hydrogen-bond acceptors (Lipinski definition) is 3. The fourth-order valence-electron chi connectivity index (χ4n) is 7.66. The van der Waals surface area contributed by atoms with E-state index in [2.05, 4.69) is 51.6 Å². The van der Waals surface area contributed by atoms with Crippen molar-refractivity contribution in [2.75, 3.05) is 32.8 Å². The van der Waals surface area contributed by atoms with Crippen LogP contribution in [0.1, 0.15) is 61.3 Å². The third-order valence-corrected chi connectivity index (χ3v) is 9.61. The number of likely N-dealkylation sites (tertiary alicyclic amines) is 1. The molecule has 3 fully saturated rings. The molecule has 4 aliphatic rings.